The molecule has 2 aromatic rings. The van der Waals surface area contributed by atoms with Gasteiger partial charge < -0.3 is 5.73 Å². The average molecular weight is 341 g/mol. The zero-order chi connectivity index (χ0) is 15.5. The highest BCUT2D eigenvalue weighted by Gasteiger charge is 2.14. The molecule has 0 spiro atoms. The van der Waals surface area contributed by atoms with Gasteiger partial charge >= 0.3 is 0 Å². The van der Waals surface area contributed by atoms with Crippen LogP contribution in [0.4, 0.5) is 5.69 Å². The molecule has 0 heterocycles. The second-order valence-electron chi connectivity index (χ2n) is 4.40. The fraction of sp³-hybridized carbons (Fsp3) is 0.0714. The van der Waals surface area contributed by atoms with E-state index in [0.717, 1.165) is 5.56 Å². The minimum absolute atomic E-state index is 0.113. The Labute approximate surface area is 134 Å². The highest BCUT2D eigenvalue weighted by Crippen LogP contribution is 2.19. The molecular formula is C14H13ClN2O2S2. The molecule has 0 aromatic heterocycles. The third-order valence-electron chi connectivity index (χ3n) is 2.69. The van der Waals surface area contributed by atoms with Crippen molar-refractivity contribution in [3.8, 4) is 0 Å². The molecule has 7 heteroatoms. The fourth-order valence-corrected chi connectivity index (χ4v) is 3.27. The standard InChI is InChI=1S/C14H13ClN2O2S2/c15-11-2-1-3-13(9-11)21(18,19)17-12-6-4-10(5-7-12)8-14(16)20/h1-7,9,17H,8H2,(H2,16,20). The summed E-state index contributed by atoms with van der Waals surface area (Å²) in [5.74, 6) is 0. The predicted molar refractivity (Wildman–Crippen MR) is 89.2 cm³/mol. The van der Waals surface area contributed by atoms with Crippen LogP contribution in [0.3, 0.4) is 0 Å². The van der Waals surface area contributed by atoms with Crippen LogP contribution in [0.1, 0.15) is 5.56 Å². The zero-order valence-electron chi connectivity index (χ0n) is 10.9. The largest absolute Gasteiger partial charge is 0.393 e. The Bertz CT molecular complexity index is 759. The van der Waals surface area contributed by atoms with Crippen LogP contribution in [0, 0.1) is 0 Å². The van der Waals surface area contributed by atoms with Gasteiger partial charge in [0.1, 0.15) is 0 Å². The number of nitrogens with two attached hydrogens (primary N) is 1. The van der Waals surface area contributed by atoms with Gasteiger partial charge in [0.05, 0.1) is 9.88 Å². The number of halogens is 1. The monoisotopic (exact) mass is 340 g/mol. The highest BCUT2D eigenvalue weighted by atomic mass is 35.5. The van der Waals surface area contributed by atoms with Crippen molar-refractivity contribution in [1.29, 1.82) is 0 Å². The Morgan fingerprint density at radius 1 is 1.19 bits per heavy atom. The first kappa shape index (κ1) is 15.8. The number of rotatable bonds is 5. The summed E-state index contributed by atoms with van der Waals surface area (Å²) in [6.45, 7) is 0. The van der Waals surface area contributed by atoms with Gasteiger partial charge in [-0.25, -0.2) is 8.42 Å². The van der Waals surface area contributed by atoms with Crippen molar-refractivity contribution in [1.82, 2.24) is 0 Å². The van der Waals surface area contributed by atoms with Crippen molar-refractivity contribution in [2.75, 3.05) is 4.72 Å². The highest BCUT2D eigenvalue weighted by molar-refractivity contribution is 7.92. The van der Waals surface area contributed by atoms with Gasteiger partial charge in [-0.05, 0) is 35.9 Å². The van der Waals surface area contributed by atoms with E-state index in [1.165, 1.54) is 12.1 Å². The molecule has 0 radical (unpaired) electrons. The van der Waals surface area contributed by atoms with Crippen molar-refractivity contribution in [3.63, 3.8) is 0 Å². The van der Waals surface area contributed by atoms with E-state index >= 15 is 0 Å². The lowest BCUT2D eigenvalue weighted by atomic mass is 10.1. The van der Waals surface area contributed by atoms with Crippen molar-refractivity contribution >= 4 is 44.5 Å². The van der Waals surface area contributed by atoms with Crippen molar-refractivity contribution in [3.05, 3.63) is 59.1 Å². The van der Waals surface area contributed by atoms with Crippen molar-refractivity contribution in [2.24, 2.45) is 5.73 Å². The Morgan fingerprint density at radius 3 is 2.43 bits per heavy atom. The summed E-state index contributed by atoms with van der Waals surface area (Å²) in [5, 5.41) is 0.365. The van der Waals surface area contributed by atoms with E-state index in [0.29, 0.717) is 22.1 Å². The summed E-state index contributed by atoms with van der Waals surface area (Å²) in [6, 6.07) is 12.9. The lowest BCUT2D eigenvalue weighted by molar-refractivity contribution is 0.601. The van der Waals surface area contributed by atoms with Crippen LogP contribution in [-0.4, -0.2) is 13.4 Å². The second-order valence-corrected chi connectivity index (χ2v) is 7.05. The normalized spacial score (nSPS) is 11.1. The number of nitrogens with one attached hydrogen (secondary N) is 1. The second kappa shape index (κ2) is 6.43. The minimum Gasteiger partial charge on any atom is -0.393 e. The average Bonchev–Trinajstić information content (AvgIpc) is 2.40. The molecule has 0 atom stereocenters. The number of anilines is 1. The van der Waals surface area contributed by atoms with Gasteiger partial charge in [-0.1, -0.05) is 42.0 Å². The molecule has 0 fully saturated rings. The van der Waals surface area contributed by atoms with Crippen molar-refractivity contribution in [2.45, 2.75) is 11.3 Å². The van der Waals surface area contributed by atoms with Crippen molar-refractivity contribution < 1.29 is 8.42 Å². The van der Waals surface area contributed by atoms with E-state index in [1.54, 1.807) is 36.4 Å². The van der Waals surface area contributed by atoms with E-state index in [1.807, 2.05) is 0 Å². The van der Waals surface area contributed by atoms with Gasteiger partial charge in [-0.2, -0.15) is 0 Å². The molecule has 0 amide bonds. The molecule has 2 rings (SSSR count). The SMILES string of the molecule is NC(=S)Cc1ccc(NS(=O)(=O)c2cccc(Cl)c2)cc1. The Morgan fingerprint density at radius 2 is 1.86 bits per heavy atom. The molecule has 0 aliphatic heterocycles. The number of benzene rings is 2. The van der Waals surface area contributed by atoms with Crippen LogP contribution >= 0.6 is 23.8 Å². The molecule has 0 unspecified atom stereocenters. The Balaban J connectivity index is 2.19. The molecule has 0 aliphatic carbocycles. The molecular weight excluding hydrogens is 328 g/mol. The number of hydrogen-bond donors (Lipinski definition) is 2. The quantitative estimate of drug-likeness (QED) is 0.821. The first-order valence-electron chi connectivity index (χ1n) is 6.02. The molecule has 0 bridgehead atoms. The van der Waals surface area contributed by atoms with Crippen LogP contribution in [0.15, 0.2) is 53.4 Å². The van der Waals surface area contributed by atoms with E-state index in [2.05, 4.69) is 4.72 Å². The molecule has 110 valence electrons. The van der Waals surface area contributed by atoms with Crippen LogP contribution in [-0.2, 0) is 16.4 Å². The maximum atomic E-state index is 12.2. The molecule has 0 saturated heterocycles. The predicted octanol–water partition coefficient (Wildman–Crippen LogP) is 2.97. The summed E-state index contributed by atoms with van der Waals surface area (Å²) >= 11 is 10.6. The number of thiocarbonyl (C=S) groups is 1. The zero-order valence-corrected chi connectivity index (χ0v) is 13.3. The summed E-state index contributed by atoms with van der Waals surface area (Å²) in [5.41, 5.74) is 6.85. The van der Waals surface area contributed by atoms with Gasteiger partial charge in [-0.15, -0.1) is 0 Å². The summed E-state index contributed by atoms with van der Waals surface area (Å²) in [6.07, 6.45) is 0.483. The van der Waals surface area contributed by atoms with Crippen LogP contribution in [0.5, 0.6) is 0 Å². The van der Waals surface area contributed by atoms with Gasteiger partial charge in [0.15, 0.2) is 0 Å². The first-order chi connectivity index (χ1) is 9.87. The lowest BCUT2D eigenvalue weighted by Crippen LogP contribution is -2.13. The van der Waals surface area contributed by atoms with Gasteiger partial charge in [-0.3, -0.25) is 4.72 Å². The summed E-state index contributed by atoms with van der Waals surface area (Å²) in [7, 11) is -3.66. The Kier molecular flexibility index (Phi) is 4.82. The fourth-order valence-electron chi connectivity index (χ4n) is 1.74. The summed E-state index contributed by atoms with van der Waals surface area (Å²) in [4.78, 5) is 0.504. The van der Waals surface area contributed by atoms with Crippen LogP contribution in [0.2, 0.25) is 5.02 Å². The maximum absolute atomic E-state index is 12.2. The van der Waals surface area contributed by atoms with E-state index in [9.17, 15) is 8.42 Å². The molecule has 4 nitrogen and oxygen atoms in total. The number of sulfonamides is 1. The van der Waals surface area contributed by atoms with Crippen LogP contribution < -0.4 is 10.5 Å². The topological polar surface area (TPSA) is 72.2 Å². The van der Waals surface area contributed by atoms with E-state index < -0.39 is 10.0 Å². The van der Waals surface area contributed by atoms with E-state index in [4.69, 9.17) is 29.6 Å². The molecule has 3 N–H and O–H groups in total. The van der Waals surface area contributed by atoms with Gasteiger partial charge in [0.2, 0.25) is 0 Å². The molecule has 0 aliphatic rings. The van der Waals surface area contributed by atoms with Crippen LogP contribution in [0.25, 0.3) is 0 Å². The summed E-state index contributed by atoms with van der Waals surface area (Å²) < 4.78 is 26.9. The van der Waals surface area contributed by atoms with Gasteiger partial charge in [0.25, 0.3) is 10.0 Å². The minimum atomic E-state index is -3.66. The third kappa shape index (κ3) is 4.42. The van der Waals surface area contributed by atoms with Gasteiger partial charge in [0, 0.05) is 17.1 Å². The lowest BCUT2D eigenvalue weighted by Gasteiger charge is -2.09. The molecule has 2 aromatic carbocycles. The Hall–Kier alpha value is -1.63. The number of hydrogen-bond acceptors (Lipinski definition) is 3. The molecule has 0 saturated carbocycles. The smallest absolute Gasteiger partial charge is 0.261 e. The first-order valence-corrected chi connectivity index (χ1v) is 8.29. The molecule has 21 heavy (non-hydrogen) atoms. The maximum Gasteiger partial charge on any atom is 0.261 e. The third-order valence-corrected chi connectivity index (χ3v) is 4.45. The van der Waals surface area contributed by atoms with E-state index in [-0.39, 0.29) is 4.90 Å².